The van der Waals surface area contributed by atoms with Gasteiger partial charge in [0, 0.05) is 50.2 Å². The predicted octanol–water partition coefficient (Wildman–Crippen LogP) is 9.36. The van der Waals surface area contributed by atoms with Crippen LogP contribution in [0.1, 0.15) is 52.7 Å². The van der Waals surface area contributed by atoms with E-state index < -0.39 is 0 Å². The van der Waals surface area contributed by atoms with Crippen LogP contribution in [-0.4, -0.2) is 19.6 Å². The molecule has 43 heavy (non-hydrogen) atoms. The number of ether oxygens (including phenoxy) is 1. The monoisotopic (exact) mass is 749 g/mol. The molecule has 0 aliphatic carbocycles. The van der Waals surface area contributed by atoms with Crippen LogP contribution in [0.5, 0.6) is 17.4 Å². The van der Waals surface area contributed by atoms with Crippen molar-refractivity contribution in [3.05, 3.63) is 96.2 Å². The van der Waals surface area contributed by atoms with Crippen molar-refractivity contribution in [3.8, 4) is 23.2 Å². The molecule has 4 heterocycles. The minimum Gasteiger partial charge on any atom is -0.507 e. The normalized spacial score (nSPS) is 12.3. The Balaban J connectivity index is 0.00000329. The van der Waals surface area contributed by atoms with Gasteiger partial charge in [0.2, 0.25) is 5.88 Å². The predicted molar refractivity (Wildman–Crippen MR) is 168 cm³/mol. The summed E-state index contributed by atoms with van der Waals surface area (Å²) >= 11 is 0. The molecule has 6 nitrogen and oxygen atoms in total. The van der Waals surface area contributed by atoms with Crippen LogP contribution in [0.3, 0.4) is 0 Å². The third-order valence-corrected chi connectivity index (χ3v) is 7.84. The van der Waals surface area contributed by atoms with Crippen LogP contribution in [0.4, 0.5) is 0 Å². The molecule has 0 aliphatic rings. The number of benzene rings is 3. The molecule has 7 aromatic rings. The van der Waals surface area contributed by atoms with Crippen molar-refractivity contribution >= 4 is 43.9 Å². The Morgan fingerprint density at radius 2 is 1.65 bits per heavy atom. The number of aromatic hydroxyl groups is 1. The molecule has 7 rings (SSSR count). The fraction of sp³-hybridized carbons (Fsp3) is 0.222. The molecule has 1 N–H and O–H groups in total. The zero-order chi connectivity index (χ0) is 29.4. The van der Waals surface area contributed by atoms with Crippen LogP contribution in [0.25, 0.3) is 49.7 Å². The minimum absolute atomic E-state index is 0. The first-order valence-electron chi connectivity index (χ1n) is 14.1. The molecule has 0 spiro atoms. The number of para-hydroxylation sites is 1. The number of phenolic OH excluding ortho intramolecular Hbond substituents is 1. The fourth-order valence-electron chi connectivity index (χ4n) is 5.65. The van der Waals surface area contributed by atoms with Crippen molar-refractivity contribution in [2.24, 2.45) is 0 Å². The molecule has 0 unspecified atom stereocenters. The summed E-state index contributed by atoms with van der Waals surface area (Å²) in [5, 5.41) is 13.5. The first kappa shape index (κ1) is 28.9. The number of fused-ring (bicyclic) bond motifs is 6. The maximum atomic E-state index is 10.8. The summed E-state index contributed by atoms with van der Waals surface area (Å²) in [5.74, 6) is 1.87. The quantitative estimate of drug-likeness (QED) is 0.182. The third kappa shape index (κ3) is 4.88. The van der Waals surface area contributed by atoms with Gasteiger partial charge in [-0.15, -0.1) is 17.5 Å². The number of phenols is 1. The first-order chi connectivity index (χ1) is 20.0. The molecule has 7 heteroatoms. The summed E-state index contributed by atoms with van der Waals surface area (Å²) in [4.78, 5) is 9.52. The molecule has 0 amide bonds. The summed E-state index contributed by atoms with van der Waals surface area (Å²) < 4.78 is 14.6. The number of rotatable bonds is 3. The average molecular weight is 750 g/mol. The summed E-state index contributed by atoms with van der Waals surface area (Å²) in [6, 6.07) is 27.2. The van der Waals surface area contributed by atoms with E-state index in [0.29, 0.717) is 33.7 Å². The smallest absolute Gasteiger partial charge is 0.217 e. The number of pyridine rings is 2. The second-order valence-corrected chi connectivity index (χ2v) is 12.9. The second-order valence-electron chi connectivity index (χ2n) is 12.9. The van der Waals surface area contributed by atoms with Gasteiger partial charge in [-0.1, -0.05) is 71.3 Å². The van der Waals surface area contributed by atoms with Crippen molar-refractivity contribution in [1.82, 2.24) is 14.5 Å². The first-order valence-corrected chi connectivity index (χ1v) is 14.1. The Morgan fingerprint density at radius 1 is 0.860 bits per heavy atom. The van der Waals surface area contributed by atoms with Gasteiger partial charge in [-0.3, -0.25) is 0 Å². The van der Waals surface area contributed by atoms with Crippen LogP contribution in [0, 0.1) is 6.07 Å². The van der Waals surface area contributed by atoms with Gasteiger partial charge in [-0.05, 0) is 52.1 Å². The molecule has 3 aromatic carbocycles. The summed E-state index contributed by atoms with van der Waals surface area (Å²) in [6.07, 6.45) is 1.87. The maximum absolute atomic E-state index is 10.8. The second kappa shape index (κ2) is 10.2. The molecule has 220 valence electrons. The zero-order valence-electron chi connectivity index (χ0n) is 24.9. The van der Waals surface area contributed by atoms with Crippen molar-refractivity contribution in [1.29, 1.82) is 0 Å². The van der Waals surface area contributed by atoms with Crippen LogP contribution in [0.2, 0.25) is 0 Å². The van der Waals surface area contributed by atoms with Crippen molar-refractivity contribution in [2.45, 2.75) is 52.4 Å². The van der Waals surface area contributed by atoms with Gasteiger partial charge in [0.1, 0.15) is 22.7 Å². The number of hydrogen-bond donors (Lipinski definition) is 1. The number of nitrogens with zero attached hydrogens (tertiary/aromatic N) is 3. The Kier molecular flexibility index (Phi) is 6.89. The van der Waals surface area contributed by atoms with Crippen LogP contribution < -0.4 is 4.74 Å². The molecule has 0 radical (unpaired) electrons. The Bertz CT molecular complexity index is 2160. The zero-order valence-corrected chi connectivity index (χ0v) is 27.2. The SMILES string of the molecule is CC(C)(C)c1ccnc(-n2c3[c-]c(Oc4ccc5oc6c(C(C)(C)C)ccc(O)c6c5n4)ccc3c3ccccc32)c1.[Pt]. The summed E-state index contributed by atoms with van der Waals surface area (Å²) in [6.45, 7) is 13.0. The van der Waals surface area contributed by atoms with E-state index in [1.165, 1.54) is 5.56 Å². The molecule has 0 fully saturated rings. The van der Waals surface area contributed by atoms with Crippen LogP contribution in [0.15, 0.2) is 83.4 Å². The Hall–Kier alpha value is -4.15. The summed E-state index contributed by atoms with van der Waals surface area (Å²) in [7, 11) is 0. The molecular formula is C36H32N3O3Pt-. The minimum atomic E-state index is -0.163. The average Bonchev–Trinajstić information content (AvgIpc) is 3.48. The molecule has 0 aliphatic heterocycles. The number of aromatic nitrogens is 3. The van der Waals surface area contributed by atoms with E-state index in [-0.39, 0.29) is 37.6 Å². The van der Waals surface area contributed by atoms with Gasteiger partial charge in [-0.2, -0.15) is 6.07 Å². The van der Waals surface area contributed by atoms with Gasteiger partial charge in [-0.25, -0.2) is 9.97 Å². The topological polar surface area (TPSA) is 73.3 Å². The number of hydrogen-bond acceptors (Lipinski definition) is 5. The van der Waals surface area contributed by atoms with E-state index in [1.807, 2.05) is 36.5 Å². The molecular weight excluding hydrogens is 717 g/mol. The van der Waals surface area contributed by atoms with Gasteiger partial charge in [0.25, 0.3) is 0 Å². The van der Waals surface area contributed by atoms with E-state index in [2.05, 4.69) is 82.5 Å². The molecule has 0 saturated heterocycles. The Morgan fingerprint density at radius 3 is 2.42 bits per heavy atom. The van der Waals surface area contributed by atoms with Gasteiger partial charge in [0.05, 0.1) is 5.39 Å². The van der Waals surface area contributed by atoms with Crippen LogP contribution in [-0.2, 0) is 31.9 Å². The fourth-order valence-corrected chi connectivity index (χ4v) is 5.65. The third-order valence-electron chi connectivity index (χ3n) is 7.84. The molecule has 0 saturated carbocycles. The van der Waals surface area contributed by atoms with E-state index in [1.54, 1.807) is 12.1 Å². The van der Waals surface area contributed by atoms with Crippen molar-refractivity contribution in [2.75, 3.05) is 0 Å². The van der Waals surface area contributed by atoms with E-state index in [4.69, 9.17) is 19.1 Å². The van der Waals surface area contributed by atoms with Gasteiger partial charge >= 0.3 is 0 Å². The molecule has 0 atom stereocenters. The van der Waals surface area contributed by atoms with Crippen LogP contribution >= 0.6 is 0 Å². The largest absolute Gasteiger partial charge is 0.507 e. The molecule has 0 bridgehead atoms. The van der Waals surface area contributed by atoms with Crippen molar-refractivity contribution < 1.29 is 35.3 Å². The van der Waals surface area contributed by atoms with Gasteiger partial charge < -0.3 is 18.8 Å². The van der Waals surface area contributed by atoms with E-state index >= 15 is 0 Å². The van der Waals surface area contributed by atoms with E-state index in [0.717, 1.165) is 33.2 Å². The van der Waals surface area contributed by atoms with Crippen molar-refractivity contribution in [3.63, 3.8) is 0 Å². The molecule has 4 aromatic heterocycles. The van der Waals surface area contributed by atoms with Gasteiger partial charge in [0.15, 0.2) is 5.58 Å². The summed E-state index contributed by atoms with van der Waals surface area (Å²) in [5.41, 5.74) is 5.74. The van der Waals surface area contributed by atoms with E-state index in [9.17, 15) is 5.11 Å². The Labute approximate surface area is 264 Å². The standard InChI is InChI=1S/C36H32N3O3.Pt/c1-35(2,3)21-17-18-37-30(19-21)39-26-10-8-7-9-23(26)24-12-11-22(20-27(24)39)41-31-16-15-29-33(38-31)32-28(40)14-13-25(34(32)42-29)36(4,5)6;/h7-19,40H,1-6H3;/q-1;. The number of furan rings is 1. The maximum Gasteiger partial charge on any atom is 0.217 e.